The molecule has 0 radical (unpaired) electrons. The number of likely N-dealkylation sites (tertiary alicyclic amines) is 1. The average molecular weight is 297 g/mol. The second-order valence-electron chi connectivity index (χ2n) is 5.49. The van der Waals surface area contributed by atoms with E-state index in [2.05, 4.69) is 29.0 Å². The highest BCUT2D eigenvalue weighted by Gasteiger charge is 2.19. The van der Waals surface area contributed by atoms with E-state index in [1.165, 1.54) is 36.5 Å². The number of methoxy groups -OCH3 is 1. The van der Waals surface area contributed by atoms with Crippen molar-refractivity contribution in [3.63, 3.8) is 0 Å². The number of hydrogen-bond acceptors (Lipinski definition) is 5. The van der Waals surface area contributed by atoms with E-state index in [9.17, 15) is 0 Å². The molecule has 1 fully saturated rings. The van der Waals surface area contributed by atoms with Crippen LogP contribution in [0.4, 0.5) is 5.13 Å². The van der Waals surface area contributed by atoms with E-state index >= 15 is 0 Å². The first-order valence-corrected chi connectivity index (χ1v) is 8.48. The van der Waals surface area contributed by atoms with Gasteiger partial charge in [0.1, 0.15) is 0 Å². The number of thiazole rings is 1. The minimum atomic E-state index is 0.587. The number of anilines is 1. The molecule has 1 aliphatic heterocycles. The second-order valence-corrected chi connectivity index (χ2v) is 6.57. The van der Waals surface area contributed by atoms with Gasteiger partial charge in [-0.3, -0.25) is 0 Å². The number of nitrogens with one attached hydrogen (secondary N) is 1. The fraction of sp³-hybridized carbons (Fsp3) is 0.800. The van der Waals surface area contributed by atoms with Gasteiger partial charge in [0.15, 0.2) is 5.13 Å². The van der Waals surface area contributed by atoms with Crippen molar-refractivity contribution in [3.05, 3.63) is 10.6 Å². The summed E-state index contributed by atoms with van der Waals surface area (Å²) >= 11 is 1.82. The molecule has 1 aromatic rings. The van der Waals surface area contributed by atoms with Crippen molar-refractivity contribution < 1.29 is 4.74 Å². The predicted molar refractivity (Wildman–Crippen MR) is 85.8 cm³/mol. The Labute approximate surface area is 126 Å². The van der Waals surface area contributed by atoms with Crippen LogP contribution in [0.2, 0.25) is 0 Å². The normalized spacial score (nSPS) is 17.6. The van der Waals surface area contributed by atoms with Gasteiger partial charge in [-0.15, -0.1) is 11.3 Å². The van der Waals surface area contributed by atoms with E-state index in [4.69, 9.17) is 4.74 Å². The number of rotatable bonds is 7. The Morgan fingerprint density at radius 3 is 2.75 bits per heavy atom. The molecule has 4 nitrogen and oxygen atoms in total. The van der Waals surface area contributed by atoms with Crippen molar-refractivity contribution >= 4 is 16.5 Å². The van der Waals surface area contributed by atoms with Gasteiger partial charge in [-0.05, 0) is 32.6 Å². The number of piperidine rings is 1. The maximum Gasteiger partial charge on any atom is 0.183 e. The largest absolute Gasteiger partial charge is 0.385 e. The third-order valence-electron chi connectivity index (χ3n) is 3.95. The van der Waals surface area contributed by atoms with Crippen LogP contribution in [0.1, 0.15) is 36.8 Å². The van der Waals surface area contributed by atoms with E-state index in [0.29, 0.717) is 6.04 Å². The standard InChI is InChI=1S/C15H27N3OS/c1-4-14-12(2)16-15(20-14)17-13-6-9-18(10-7-13)8-5-11-19-3/h13H,4-11H2,1-3H3,(H,16,17). The fourth-order valence-corrected chi connectivity index (χ4v) is 3.71. The molecule has 20 heavy (non-hydrogen) atoms. The third kappa shape index (κ3) is 4.43. The summed E-state index contributed by atoms with van der Waals surface area (Å²) in [6, 6.07) is 0.587. The molecule has 0 amide bonds. The van der Waals surface area contributed by atoms with Crippen molar-refractivity contribution in [3.8, 4) is 0 Å². The maximum atomic E-state index is 5.11. The lowest BCUT2D eigenvalue weighted by Crippen LogP contribution is -2.39. The van der Waals surface area contributed by atoms with Crippen molar-refractivity contribution in [2.75, 3.05) is 38.7 Å². The maximum absolute atomic E-state index is 5.11. The molecule has 1 aromatic heterocycles. The Bertz CT molecular complexity index is 400. The summed E-state index contributed by atoms with van der Waals surface area (Å²) in [6.45, 7) is 8.72. The van der Waals surface area contributed by atoms with Gasteiger partial charge >= 0.3 is 0 Å². The van der Waals surface area contributed by atoms with E-state index in [1.807, 2.05) is 11.3 Å². The Morgan fingerprint density at radius 2 is 2.15 bits per heavy atom. The smallest absolute Gasteiger partial charge is 0.183 e. The molecule has 0 saturated carbocycles. The Hall–Kier alpha value is -0.650. The van der Waals surface area contributed by atoms with Crippen LogP contribution < -0.4 is 5.32 Å². The topological polar surface area (TPSA) is 37.4 Å². The van der Waals surface area contributed by atoms with Gasteiger partial charge in [0.25, 0.3) is 0 Å². The number of aryl methyl sites for hydroxylation is 2. The van der Waals surface area contributed by atoms with Crippen molar-refractivity contribution in [2.24, 2.45) is 0 Å². The molecule has 114 valence electrons. The summed E-state index contributed by atoms with van der Waals surface area (Å²) < 4.78 is 5.11. The summed E-state index contributed by atoms with van der Waals surface area (Å²) in [7, 11) is 1.77. The number of ether oxygens (including phenoxy) is 1. The summed E-state index contributed by atoms with van der Waals surface area (Å²) in [6.07, 6.45) is 4.66. The van der Waals surface area contributed by atoms with Gasteiger partial charge in [-0.1, -0.05) is 6.92 Å². The highest BCUT2D eigenvalue weighted by atomic mass is 32.1. The molecule has 0 aromatic carbocycles. The second kappa shape index (κ2) is 7.96. The molecular formula is C15H27N3OS. The zero-order chi connectivity index (χ0) is 14.4. The minimum absolute atomic E-state index is 0.587. The lowest BCUT2D eigenvalue weighted by Gasteiger charge is -2.32. The molecule has 0 atom stereocenters. The summed E-state index contributed by atoms with van der Waals surface area (Å²) in [4.78, 5) is 8.58. The number of aromatic nitrogens is 1. The van der Waals surface area contributed by atoms with Gasteiger partial charge in [-0.2, -0.15) is 0 Å². The van der Waals surface area contributed by atoms with E-state index in [-0.39, 0.29) is 0 Å². The zero-order valence-corrected chi connectivity index (χ0v) is 13.8. The van der Waals surface area contributed by atoms with Crippen molar-refractivity contribution in [2.45, 2.75) is 45.6 Å². The van der Waals surface area contributed by atoms with Crippen LogP contribution in [0.5, 0.6) is 0 Å². The lowest BCUT2D eigenvalue weighted by atomic mass is 10.1. The molecule has 0 unspecified atom stereocenters. The van der Waals surface area contributed by atoms with Crippen LogP contribution in [-0.4, -0.2) is 49.3 Å². The van der Waals surface area contributed by atoms with Gasteiger partial charge < -0.3 is 15.0 Å². The zero-order valence-electron chi connectivity index (χ0n) is 12.9. The lowest BCUT2D eigenvalue weighted by molar-refractivity contribution is 0.159. The van der Waals surface area contributed by atoms with Crippen LogP contribution >= 0.6 is 11.3 Å². The van der Waals surface area contributed by atoms with Crippen LogP contribution in [-0.2, 0) is 11.2 Å². The van der Waals surface area contributed by atoms with Crippen molar-refractivity contribution in [1.82, 2.24) is 9.88 Å². The van der Waals surface area contributed by atoms with Gasteiger partial charge in [0.2, 0.25) is 0 Å². The molecule has 2 rings (SSSR count). The number of hydrogen-bond donors (Lipinski definition) is 1. The molecule has 1 saturated heterocycles. The average Bonchev–Trinajstić information content (AvgIpc) is 2.81. The first-order chi connectivity index (χ1) is 9.72. The quantitative estimate of drug-likeness (QED) is 0.785. The fourth-order valence-electron chi connectivity index (χ4n) is 2.73. The number of nitrogens with zero attached hydrogens (tertiary/aromatic N) is 2. The van der Waals surface area contributed by atoms with Gasteiger partial charge in [-0.25, -0.2) is 4.98 Å². The highest BCUT2D eigenvalue weighted by Crippen LogP contribution is 2.25. The third-order valence-corrected chi connectivity index (χ3v) is 5.18. The van der Waals surface area contributed by atoms with Crippen LogP contribution in [0.25, 0.3) is 0 Å². The minimum Gasteiger partial charge on any atom is -0.385 e. The van der Waals surface area contributed by atoms with Crippen molar-refractivity contribution in [1.29, 1.82) is 0 Å². The Kier molecular flexibility index (Phi) is 6.26. The monoisotopic (exact) mass is 297 g/mol. The predicted octanol–water partition coefficient (Wildman–Crippen LogP) is 2.93. The van der Waals surface area contributed by atoms with Gasteiger partial charge in [0, 0.05) is 44.3 Å². The highest BCUT2D eigenvalue weighted by molar-refractivity contribution is 7.15. The molecule has 2 heterocycles. The SMILES string of the molecule is CCc1sc(NC2CCN(CCCOC)CC2)nc1C. The molecule has 0 spiro atoms. The first-order valence-electron chi connectivity index (χ1n) is 7.67. The van der Waals surface area contributed by atoms with Crippen LogP contribution in [0.3, 0.4) is 0 Å². The summed E-state index contributed by atoms with van der Waals surface area (Å²) in [5.41, 5.74) is 1.19. The Balaban J connectivity index is 1.73. The van der Waals surface area contributed by atoms with E-state index in [1.54, 1.807) is 7.11 Å². The van der Waals surface area contributed by atoms with E-state index in [0.717, 1.165) is 31.1 Å². The molecular weight excluding hydrogens is 270 g/mol. The van der Waals surface area contributed by atoms with Crippen LogP contribution in [0.15, 0.2) is 0 Å². The molecule has 5 heteroatoms. The summed E-state index contributed by atoms with van der Waals surface area (Å²) in [5.74, 6) is 0. The molecule has 0 aliphatic carbocycles. The molecule has 1 N–H and O–H groups in total. The van der Waals surface area contributed by atoms with Crippen LogP contribution in [0, 0.1) is 6.92 Å². The molecule has 1 aliphatic rings. The van der Waals surface area contributed by atoms with E-state index < -0.39 is 0 Å². The first kappa shape index (κ1) is 15.7. The summed E-state index contributed by atoms with van der Waals surface area (Å²) in [5, 5.41) is 4.73. The Morgan fingerprint density at radius 1 is 1.40 bits per heavy atom. The van der Waals surface area contributed by atoms with Gasteiger partial charge in [0.05, 0.1) is 5.69 Å². The molecule has 0 bridgehead atoms.